The van der Waals surface area contributed by atoms with E-state index in [2.05, 4.69) is 15.3 Å². The fraction of sp³-hybridized carbons (Fsp3) is 0.615. The van der Waals surface area contributed by atoms with Crippen molar-refractivity contribution in [2.45, 2.75) is 37.5 Å². The Morgan fingerprint density at radius 2 is 2.26 bits per heavy atom. The average molecular weight is 323 g/mol. The SMILES string of the molecule is O=c1c2ncn([C@H]3C[C@H](O)[C@@H](CO)O3)c2nc2n1[C@@H](O)CCN2. The fourth-order valence-corrected chi connectivity index (χ4v) is 3.08. The van der Waals surface area contributed by atoms with E-state index in [1.807, 2.05) is 0 Å². The molecule has 23 heavy (non-hydrogen) atoms. The van der Waals surface area contributed by atoms with Crippen LogP contribution in [0.2, 0.25) is 0 Å². The molecule has 2 aromatic heterocycles. The summed E-state index contributed by atoms with van der Waals surface area (Å²) in [4.78, 5) is 21.0. The number of nitrogens with zero attached hydrogens (tertiary/aromatic N) is 4. The van der Waals surface area contributed by atoms with Crippen molar-refractivity contribution in [1.82, 2.24) is 19.1 Å². The van der Waals surface area contributed by atoms with Gasteiger partial charge in [-0.3, -0.25) is 9.36 Å². The third-order valence-corrected chi connectivity index (χ3v) is 4.31. The maximum absolute atomic E-state index is 12.5. The Kier molecular flexibility index (Phi) is 3.34. The summed E-state index contributed by atoms with van der Waals surface area (Å²) in [6, 6.07) is 0. The van der Waals surface area contributed by atoms with Gasteiger partial charge in [-0.1, -0.05) is 0 Å². The van der Waals surface area contributed by atoms with Crippen molar-refractivity contribution < 1.29 is 20.1 Å². The van der Waals surface area contributed by atoms with Crippen LogP contribution in [0.5, 0.6) is 0 Å². The quantitative estimate of drug-likeness (QED) is 0.527. The number of rotatable bonds is 2. The molecule has 2 aromatic rings. The van der Waals surface area contributed by atoms with Gasteiger partial charge < -0.3 is 25.4 Å². The van der Waals surface area contributed by atoms with Crippen molar-refractivity contribution in [3.63, 3.8) is 0 Å². The lowest BCUT2D eigenvalue weighted by molar-refractivity contribution is -0.0432. The molecule has 2 aliphatic rings. The van der Waals surface area contributed by atoms with Crippen molar-refractivity contribution in [2.75, 3.05) is 18.5 Å². The number of imidazole rings is 1. The molecule has 1 fully saturated rings. The van der Waals surface area contributed by atoms with Crippen LogP contribution in [0.1, 0.15) is 25.3 Å². The number of hydrogen-bond acceptors (Lipinski definition) is 8. The maximum Gasteiger partial charge on any atom is 0.285 e. The number of hydrogen-bond donors (Lipinski definition) is 4. The van der Waals surface area contributed by atoms with Gasteiger partial charge in [0.25, 0.3) is 5.56 Å². The van der Waals surface area contributed by atoms with Gasteiger partial charge in [0, 0.05) is 19.4 Å². The van der Waals surface area contributed by atoms with Crippen molar-refractivity contribution in [1.29, 1.82) is 0 Å². The summed E-state index contributed by atoms with van der Waals surface area (Å²) >= 11 is 0. The van der Waals surface area contributed by atoms with E-state index in [4.69, 9.17) is 4.74 Å². The zero-order valence-corrected chi connectivity index (χ0v) is 12.2. The normalized spacial score (nSPS) is 30.4. The van der Waals surface area contributed by atoms with E-state index >= 15 is 0 Å². The molecule has 0 bridgehead atoms. The zero-order chi connectivity index (χ0) is 16.1. The lowest BCUT2D eigenvalue weighted by Crippen LogP contribution is -2.34. The van der Waals surface area contributed by atoms with Gasteiger partial charge >= 0.3 is 0 Å². The molecule has 0 aromatic carbocycles. The van der Waals surface area contributed by atoms with Crippen LogP contribution < -0.4 is 10.9 Å². The summed E-state index contributed by atoms with van der Waals surface area (Å²) in [5, 5.41) is 32.0. The Morgan fingerprint density at radius 1 is 1.43 bits per heavy atom. The molecule has 0 unspecified atom stereocenters. The van der Waals surface area contributed by atoms with E-state index in [0.717, 1.165) is 0 Å². The highest BCUT2D eigenvalue weighted by Crippen LogP contribution is 2.31. The lowest BCUT2D eigenvalue weighted by Gasteiger charge is -2.24. The van der Waals surface area contributed by atoms with Crippen LogP contribution in [-0.4, -0.2) is 59.8 Å². The first-order valence-corrected chi connectivity index (χ1v) is 7.45. The number of fused-ring (bicyclic) bond motifs is 2. The predicted molar refractivity (Wildman–Crippen MR) is 77.8 cm³/mol. The molecule has 10 nitrogen and oxygen atoms in total. The summed E-state index contributed by atoms with van der Waals surface area (Å²) < 4.78 is 8.34. The van der Waals surface area contributed by atoms with Crippen molar-refractivity contribution in [3.8, 4) is 0 Å². The summed E-state index contributed by atoms with van der Waals surface area (Å²) in [5.74, 6) is 0.278. The molecule has 0 radical (unpaired) electrons. The highest BCUT2D eigenvalue weighted by Gasteiger charge is 2.36. The van der Waals surface area contributed by atoms with Gasteiger partial charge in [0.15, 0.2) is 11.2 Å². The number of aliphatic hydroxyl groups is 3. The Hall–Kier alpha value is -2.01. The highest BCUT2D eigenvalue weighted by atomic mass is 16.5. The molecule has 2 aliphatic heterocycles. The number of aliphatic hydroxyl groups excluding tert-OH is 3. The first kappa shape index (κ1) is 14.6. The molecule has 1 saturated heterocycles. The second-order valence-electron chi connectivity index (χ2n) is 5.75. The number of aromatic nitrogens is 4. The van der Waals surface area contributed by atoms with Gasteiger partial charge in [0.1, 0.15) is 18.6 Å². The molecule has 4 N–H and O–H groups in total. The van der Waals surface area contributed by atoms with Gasteiger partial charge in [0.05, 0.1) is 19.0 Å². The van der Waals surface area contributed by atoms with Crippen molar-refractivity contribution in [3.05, 3.63) is 16.7 Å². The van der Waals surface area contributed by atoms with Gasteiger partial charge in [0.2, 0.25) is 5.95 Å². The van der Waals surface area contributed by atoms with E-state index < -0.39 is 30.2 Å². The van der Waals surface area contributed by atoms with Crippen LogP contribution in [0.25, 0.3) is 11.2 Å². The summed E-state index contributed by atoms with van der Waals surface area (Å²) in [5.41, 5.74) is 0.0152. The molecule has 4 heterocycles. The van der Waals surface area contributed by atoms with E-state index in [0.29, 0.717) is 18.6 Å². The maximum atomic E-state index is 12.5. The average Bonchev–Trinajstić information content (AvgIpc) is 3.10. The molecule has 4 rings (SSSR count). The fourth-order valence-electron chi connectivity index (χ4n) is 3.08. The molecule has 4 atom stereocenters. The minimum absolute atomic E-state index is 0.127. The van der Waals surface area contributed by atoms with Crippen LogP contribution >= 0.6 is 0 Å². The summed E-state index contributed by atoms with van der Waals surface area (Å²) in [7, 11) is 0. The summed E-state index contributed by atoms with van der Waals surface area (Å²) in [6.45, 7) is 0.224. The minimum Gasteiger partial charge on any atom is -0.394 e. The standard InChI is InChI=1S/C13H17N5O5/c19-4-7-6(20)3-9(23-7)17-5-15-10-11(17)16-13-14-2-1-8(21)18(13)12(10)22/h5-9,19-21H,1-4H2,(H,14,16)/t6-,7+,8-,9+/m0/s1. The Balaban J connectivity index is 1.82. The Morgan fingerprint density at radius 3 is 3.00 bits per heavy atom. The second-order valence-corrected chi connectivity index (χ2v) is 5.75. The van der Waals surface area contributed by atoms with Gasteiger partial charge in [-0.2, -0.15) is 4.98 Å². The topological polar surface area (TPSA) is 135 Å². The number of anilines is 1. The van der Waals surface area contributed by atoms with Gasteiger partial charge in [-0.15, -0.1) is 0 Å². The van der Waals surface area contributed by atoms with Crippen molar-refractivity contribution in [2.24, 2.45) is 0 Å². The molecule has 0 saturated carbocycles. The Bertz CT molecular complexity index is 802. The summed E-state index contributed by atoms with van der Waals surface area (Å²) in [6.07, 6.45) is -0.838. The van der Waals surface area contributed by atoms with Crippen LogP contribution in [-0.2, 0) is 4.74 Å². The molecule has 0 aliphatic carbocycles. The first-order valence-electron chi connectivity index (χ1n) is 7.45. The van der Waals surface area contributed by atoms with Gasteiger partial charge in [-0.05, 0) is 0 Å². The first-order chi connectivity index (χ1) is 11.1. The minimum atomic E-state index is -0.927. The van der Waals surface area contributed by atoms with Crippen LogP contribution in [0.3, 0.4) is 0 Å². The van der Waals surface area contributed by atoms with E-state index in [1.165, 1.54) is 10.9 Å². The van der Waals surface area contributed by atoms with E-state index in [-0.39, 0.29) is 24.5 Å². The molecule has 10 heteroatoms. The largest absolute Gasteiger partial charge is 0.394 e. The predicted octanol–water partition coefficient (Wildman–Crippen LogP) is -1.46. The number of nitrogens with one attached hydrogen (secondary N) is 1. The lowest BCUT2D eigenvalue weighted by atomic mass is 10.2. The molecular formula is C13H17N5O5. The number of ether oxygens (including phenoxy) is 1. The van der Waals surface area contributed by atoms with Crippen LogP contribution in [0, 0.1) is 0 Å². The van der Waals surface area contributed by atoms with Crippen molar-refractivity contribution >= 4 is 17.1 Å². The third-order valence-electron chi connectivity index (χ3n) is 4.31. The van der Waals surface area contributed by atoms with Crippen LogP contribution in [0.15, 0.2) is 11.1 Å². The highest BCUT2D eigenvalue weighted by molar-refractivity contribution is 5.71. The molecule has 0 amide bonds. The zero-order valence-electron chi connectivity index (χ0n) is 12.2. The molecule has 0 spiro atoms. The van der Waals surface area contributed by atoms with Crippen LogP contribution in [0.4, 0.5) is 5.95 Å². The van der Waals surface area contributed by atoms with E-state index in [9.17, 15) is 20.1 Å². The Labute approximate surface area is 130 Å². The monoisotopic (exact) mass is 323 g/mol. The van der Waals surface area contributed by atoms with E-state index in [1.54, 1.807) is 4.57 Å². The molecular weight excluding hydrogens is 306 g/mol. The second kappa shape index (κ2) is 5.27. The molecule has 124 valence electrons. The smallest absolute Gasteiger partial charge is 0.285 e. The third kappa shape index (κ3) is 2.14. The van der Waals surface area contributed by atoms with Gasteiger partial charge in [-0.25, -0.2) is 9.55 Å².